The molecule has 0 bridgehead atoms. The first-order chi connectivity index (χ1) is 41.1. The molecule has 26 nitrogen and oxygen atoms in total. The molecule has 0 aliphatic carbocycles. The van der Waals surface area contributed by atoms with Gasteiger partial charge in [0.2, 0.25) is 11.8 Å². The van der Waals surface area contributed by atoms with E-state index in [0.717, 1.165) is 42.0 Å². The standard InChI is InChI=1S/C55H74N2O24S7/c1-43-10-18-49(19-11-43)82(62,63)38-29-48(59)39-55(40-76-32-6-5-9-47(58)26-35-79-86(70,71)83(64,65)50-20-12-44(2)13-21-50,41-77-33-7-30-56-53(60)27-36-80-87(72,73)84(66,67)51-22-14-45(3)15-23-51)42-78-34-8-31-57-54(61)28-37-81-88(74,75)85(68,69)52-24-16-46(4)17-25-52/h10-25H,5-9,26-42H2,1-4H3,(H,56,60)(H,57,61). The number of benzene rings is 4. The van der Waals surface area contributed by atoms with E-state index in [-0.39, 0.29) is 96.2 Å². The molecule has 0 atom stereocenters. The summed E-state index contributed by atoms with van der Waals surface area (Å²) in [6, 6.07) is 21.1. The van der Waals surface area contributed by atoms with Crippen LogP contribution in [0, 0.1) is 33.1 Å². The van der Waals surface area contributed by atoms with Crippen molar-refractivity contribution in [1.82, 2.24) is 10.6 Å². The summed E-state index contributed by atoms with van der Waals surface area (Å²) in [5.74, 6) is -2.92. The second kappa shape index (κ2) is 34.1. The molecular weight excluding hydrogens is 1300 g/mol. The number of ether oxygens (including phenoxy) is 3. The van der Waals surface area contributed by atoms with E-state index in [1.54, 1.807) is 39.8 Å². The SMILES string of the molecule is Cc1ccc(S(=O)(=O)CCC(=O)CC(COCCCCC(=O)CCOS(=O)(=O)S(=O)(=O)c2ccc(C)cc2)(COCCCNC(=O)CCOS(=O)(=O)S(=O)(=O)c2ccc(C)cc2)COCCCNC(=O)CCOS(=O)(=O)S(=O)(=O)c2ccc(C)cc2)cc1. The lowest BCUT2D eigenvalue weighted by Gasteiger charge is -2.33. The van der Waals surface area contributed by atoms with Gasteiger partial charge in [0.15, 0.2) is 9.84 Å². The van der Waals surface area contributed by atoms with Crippen molar-refractivity contribution in [2.75, 3.05) is 78.3 Å². The molecule has 0 saturated heterocycles. The molecule has 2 amide bonds. The average Bonchev–Trinajstić information content (AvgIpc) is 2.77. The number of rotatable bonds is 43. The van der Waals surface area contributed by atoms with Gasteiger partial charge in [0, 0.05) is 64.0 Å². The van der Waals surface area contributed by atoms with Crippen LogP contribution in [-0.2, 0) is 110 Å². The zero-order chi connectivity index (χ0) is 65.5. The topological polar surface area (TPSA) is 387 Å². The molecule has 0 aliphatic rings. The summed E-state index contributed by atoms with van der Waals surface area (Å²) in [6.07, 6.45) is -1.67. The van der Waals surface area contributed by atoms with Gasteiger partial charge in [-0.1, -0.05) is 70.8 Å². The van der Waals surface area contributed by atoms with E-state index in [9.17, 15) is 78.1 Å². The van der Waals surface area contributed by atoms with E-state index in [2.05, 4.69) is 23.2 Å². The number of Topliss-reactive ketones (excluding diaryl/α,β-unsaturated/α-hetero) is 2. The maximum absolute atomic E-state index is 13.9. The molecule has 4 rings (SSSR count). The summed E-state index contributed by atoms with van der Waals surface area (Å²) in [5, 5.41) is 5.07. The van der Waals surface area contributed by atoms with E-state index in [1.807, 2.05) is 0 Å². The number of ketones is 2. The minimum atomic E-state index is -5.18. The summed E-state index contributed by atoms with van der Waals surface area (Å²) >= 11 is 0. The molecule has 0 heterocycles. The number of nitrogens with one attached hydrogen (secondary N) is 2. The molecule has 0 fully saturated rings. The first-order valence-corrected chi connectivity index (χ1v) is 39.3. The van der Waals surface area contributed by atoms with E-state index in [4.69, 9.17) is 14.2 Å². The Morgan fingerprint density at radius 1 is 0.364 bits per heavy atom. The number of sulfone groups is 1. The molecule has 0 radical (unpaired) electrons. The summed E-state index contributed by atoms with van der Waals surface area (Å²) < 4.78 is 210. The number of hydrogen-bond donors (Lipinski definition) is 2. The second-order valence-corrected chi connectivity index (χ2v) is 37.4. The minimum Gasteiger partial charge on any atom is -0.381 e. The van der Waals surface area contributed by atoms with Crippen LogP contribution >= 0.6 is 0 Å². The van der Waals surface area contributed by atoms with Gasteiger partial charge in [-0.2, -0.15) is 25.3 Å². The highest BCUT2D eigenvalue weighted by molar-refractivity contribution is 8.66. The Kier molecular flexibility index (Phi) is 29.1. The van der Waals surface area contributed by atoms with Gasteiger partial charge < -0.3 is 24.8 Å². The van der Waals surface area contributed by atoms with E-state index in [0.29, 0.717) is 16.7 Å². The fraction of sp³-hybridized carbons (Fsp3) is 0.491. The Bertz CT molecular complexity index is 3480. The van der Waals surface area contributed by atoms with Crippen molar-refractivity contribution < 1.29 is 105 Å². The van der Waals surface area contributed by atoms with Gasteiger partial charge in [-0.05, 0) is 102 Å². The van der Waals surface area contributed by atoms with Crippen molar-refractivity contribution in [1.29, 1.82) is 0 Å². The van der Waals surface area contributed by atoms with Crippen LogP contribution in [0.15, 0.2) is 117 Å². The van der Waals surface area contributed by atoms with E-state index < -0.39 is 159 Å². The maximum atomic E-state index is 13.9. The number of hydrogen-bond acceptors (Lipinski definition) is 24. The van der Waals surface area contributed by atoms with Crippen LogP contribution in [-0.4, -0.2) is 161 Å². The summed E-state index contributed by atoms with van der Waals surface area (Å²) in [7, 11) is -34.3. The van der Waals surface area contributed by atoms with Gasteiger partial charge >= 0.3 is 54.1 Å². The average molecular weight is 1370 g/mol. The van der Waals surface area contributed by atoms with Crippen LogP contribution < -0.4 is 10.6 Å². The third kappa shape index (κ3) is 23.4. The van der Waals surface area contributed by atoms with Crippen LogP contribution in [0.1, 0.15) is 86.5 Å². The van der Waals surface area contributed by atoms with Crippen LogP contribution in [0.2, 0.25) is 0 Å². The predicted octanol–water partition coefficient (Wildman–Crippen LogP) is 4.21. The minimum absolute atomic E-state index is 0.000632. The molecule has 2 N–H and O–H groups in total. The Balaban J connectivity index is 1.39. The zero-order valence-electron chi connectivity index (χ0n) is 48.9. The van der Waals surface area contributed by atoms with Crippen molar-refractivity contribution in [3.8, 4) is 0 Å². The van der Waals surface area contributed by atoms with Gasteiger partial charge in [0.1, 0.15) is 11.6 Å². The monoisotopic (exact) mass is 1370 g/mol. The molecule has 0 spiro atoms. The molecule has 0 aromatic heterocycles. The Hall–Kier alpha value is -5.43. The third-order valence-corrected chi connectivity index (χ3v) is 27.5. The lowest BCUT2D eigenvalue weighted by molar-refractivity contribution is -0.129. The van der Waals surface area contributed by atoms with Gasteiger partial charge in [-0.3, -0.25) is 31.7 Å². The van der Waals surface area contributed by atoms with Gasteiger partial charge in [0.05, 0.1) is 77.8 Å². The maximum Gasteiger partial charge on any atom is 0.379 e. The number of carbonyl (C=O) groups excluding carboxylic acids is 4. The normalized spacial score (nSPS) is 12.8. The lowest BCUT2D eigenvalue weighted by Crippen LogP contribution is -2.40. The Morgan fingerprint density at radius 2 is 0.682 bits per heavy atom. The molecular formula is C55H74N2O24S7. The van der Waals surface area contributed by atoms with Gasteiger partial charge in [0.25, 0.3) is 0 Å². The smallest absolute Gasteiger partial charge is 0.379 e. The third-order valence-electron chi connectivity index (χ3n) is 12.9. The number of unbranched alkanes of at least 4 members (excludes halogenated alkanes) is 1. The highest BCUT2D eigenvalue weighted by Crippen LogP contribution is 2.28. The summed E-state index contributed by atoms with van der Waals surface area (Å²) in [5.41, 5.74) is 1.51. The number of carbonyl (C=O) groups is 4. The molecule has 33 heteroatoms. The molecule has 88 heavy (non-hydrogen) atoms. The highest BCUT2D eigenvalue weighted by atomic mass is 33.2. The predicted molar refractivity (Wildman–Crippen MR) is 320 cm³/mol. The second-order valence-electron chi connectivity index (χ2n) is 20.4. The van der Waals surface area contributed by atoms with Crippen molar-refractivity contribution in [2.24, 2.45) is 5.41 Å². The number of aryl methyl sites for hydroxylation is 4. The summed E-state index contributed by atoms with van der Waals surface area (Å²) in [4.78, 5) is 50.3. The molecule has 4 aromatic rings. The molecule has 490 valence electrons. The molecule has 0 saturated carbocycles. The van der Waals surface area contributed by atoms with Crippen molar-refractivity contribution in [2.45, 2.75) is 111 Å². The van der Waals surface area contributed by atoms with Crippen LogP contribution in [0.4, 0.5) is 0 Å². The largest absolute Gasteiger partial charge is 0.381 e. The molecule has 0 unspecified atom stereocenters. The Morgan fingerprint density at radius 3 is 1.03 bits per heavy atom. The van der Waals surface area contributed by atoms with Crippen molar-refractivity contribution >= 4 is 87.3 Å². The zero-order valence-corrected chi connectivity index (χ0v) is 54.7. The fourth-order valence-electron chi connectivity index (χ4n) is 7.78. The highest BCUT2D eigenvalue weighted by Gasteiger charge is 2.37. The van der Waals surface area contributed by atoms with Crippen molar-refractivity contribution in [3.63, 3.8) is 0 Å². The van der Waals surface area contributed by atoms with Gasteiger partial charge in [-0.15, -0.1) is 0 Å². The lowest BCUT2D eigenvalue weighted by atomic mass is 9.84. The molecule has 4 aromatic carbocycles. The number of amides is 2. The van der Waals surface area contributed by atoms with Crippen LogP contribution in [0.3, 0.4) is 0 Å². The molecule has 0 aliphatic heterocycles. The first-order valence-electron chi connectivity index (χ1n) is 27.4. The Labute approximate surface area is 514 Å². The van der Waals surface area contributed by atoms with Crippen LogP contribution in [0.5, 0.6) is 0 Å². The van der Waals surface area contributed by atoms with E-state index >= 15 is 0 Å². The van der Waals surface area contributed by atoms with Gasteiger partial charge in [-0.25, -0.2) is 33.7 Å². The first kappa shape index (κ1) is 75.0. The summed E-state index contributed by atoms with van der Waals surface area (Å²) in [6.45, 7) is 3.47. The van der Waals surface area contributed by atoms with E-state index in [1.165, 1.54) is 48.5 Å². The fourth-order valence-corrected chi connectivity index (χ4v) is 17.3. The van der Waals surface area contributed by atoms with Crippen molar-refractivity contribution in [3.05, 3.63) is 119 Å². The quantitative estimate of drug-likeness (QED) is 0.0463. The van der Waals surface area contributed by atoms with Crippen LogP contribution in [0.25, 0.3) is 0 Å².